The summed E-state index contributed by atoms with van der Waals surface area (Å²) >= 11 is 0. The maximum absolute atomic E-state index is 12.7. The van der Waals surface area contributed by atoms with Gasteiger partial charge in [0.05, 0.1) is 12.1 Å². The second-order valence-corrected chi connectivity index (χ2v) is 8.89. The lowest BCUT2D eigenvalue weighted by Gasteiger charge is -2.60. The minimum absolute atomic E-state index is 0.0358. The van der Waals surface area contributed by atoms with Gasteiger partial charge in [0.2, 0.25) is 0 Å². The quantitative estimate of drug-likeness (QED) is 0.682. The fourth-order valence-corrected chi connectivity index (χ4v) is 5.90. The monoisotopic (exact) mass is 324 g/mol. The Morgan fingerprint density at radius 1 is 1.04 bits per heavy atom. The smallest absolute Gasteiger partial charge is 0.172 e. The second kappa shape index (κ2) is 5.03. The molecule has 0 N–H and O–H groups in total. The maximum Gasteiger partial charge on any atom is 0.172 e. The number of Topliss-reactive ketones (excluding diaryl/α,β-unsaturated/α-hetero) is 1. The van der Waals surface area contributed by atoms with Gasteiger partial charge < -0.3 is 0 Å². The molecule has 0 radical (unpaired) electrons. The SMILES string of the molecule is CC1(C)C(=O)C(C#N)C[C@@]2(C)C3=CC(=O)C(C#N)C[C@@]3(C)CC[C@H]12. The van der Waals surface area contributed by atoms with Gasteiger partial charge in [0, 0.05) is 5.41 Å². The van der Waals surface area contributed by atoms with E-state index in [1.807, 2.05) is 13.8 Å². The summed E-state index contributed by atoms with van der Waals surface area (Å²) in [7, 11) is 0. The zero-order valence-electron chi connectivity index (χ0n) is 14.8. The van der Waals surface area contributed by atoms with Gasteiger partial charge in [-0.15, -0.1) is 0 Å². The number of hydrogen-bond donors (Lipinski definition) is 0. The van der Waals surface area contributed by atoms with Crippen molar-refractivity contribution in [2.45, 2.75) is 53.4 Å². The number of carbonyl (C=O) groups excluding carboxylic acids is 2. The summed E-state index contributed by atoms with van der Waals surface area (Å²) in [5.74, 6) is -1.13. The summed E-state index contributed by atoms with van der Waals surface area (Å²) in [4.78, 5) is 25.1. The van der Waals surface area contributed by atoms with Crippen LogP contribution in [0.3, 0.4) is 0 Å². The summed E-state index contributed by atoms with van der Waals surface area (Å²) in [6, 6.07) is 4.33. The summed E-state index contributed by atoms with van der Waals surface area (Å²) in [6.45, 7) is 8.17. The van der Waals surface area contributed by atoms with Crippen LogP contribution in [0.15, 0.2) is 11.6 Å². The highest BCUT2D eigenvalue weighted by molar-refractivity contribution is 5.96. The third-order valence-electron chi connectivity index (χ3n) is 7.07. The molecule has 4 heteroatoms. The van der Waals surface area contributed by atoms with E-state index in [0.717, 1.165) is 18.4 Å². The first-order valence-electron chi connectivity index (χ1n) is 8.70. The lowest BCUT2D eigenvalue weighted by Crippen LogP contribution is -2.57. The highest BCUT2D eigenvalue weighted by atomic mass is 16.1. The molecule has 2 fully saturated rings. The Hall–Kier alpha value is -1.94. The van der Waals surface area contributed by atoms with E-state index in [1.54, 1.807) is 6.08 Å². The molecular formula is C20H24N2O2. The molecule has 0 aromatic carbocycles. The molecule has 0 aromatic heterocycles. The number of fused-ring (bicyclic) bond motifs is 3. The van der Waals surface area contributed by atoms with Gasteiger partial charge in [-0.3, -0.25) is 9.59 Å². The van der Waals surface area contributed by atoms with Gasteiger partial charge in [-0.2, -0.15) is 10.5 Å². The van der Waals surface area contributed by atoms with E-state index >= 15 is 0 Å². The fraction of sp³-hybridized carbons (Fsp3) is 0.700. The van der Waals surface area contributed by atoms with Crippen molar-refractivity contribution in [3.05, 3.63) is 11.6 Å². The van der Waals surface area contributed by atoms with Gasteiger partial charge >= 0.3 is 0 Å². The molecule has 0 aliphatic heterocycles. The first-order chi connectivity index (χ1) is 11.1. The van der Waals surface area contributed by atoms with Crippen LogP contribution in [0.1, 0.15) is 53.4 Å². The van der Waals surface area contributed by atoms with Crippen LogP contribution in [-0.4, -0.2) is 11.6 Å². The third kappa shape index (κ3) is 2.02. The minimum atomic E-state index is -0.617. The van der Waals surface area contributed by atoms with E-state index in [0.29, 0.717) is 12.8 Å². The zero-order valence-corrected chi connectivity index (χ0v) is 14.8. The fourth-order valence-electron chi connectivity index (χ4n) is 5.90. The van der Waals surface area contributed by atoms with E-state index in [4.69, 9.17) is 0 Å². The average molecular weight is 324 g/mol. The summed E-state index contributed by atoms with van der Waals surface area (Å²) in [5, 5.41) is 18.8. The predicted molar refractivity (Wildman–Crippen MR) is 88.3 cm³/mol. The van der Waals surface area contributed by atoms with Crippen LogP contribution in [0.4, 0.5) is 0 Å². The van der Waals surface area contributed by atoms with E-state index in [-0.39, 0.29) is 28.3 Å². The lowest BCUT2D eigenvalue weighted by atomic mass is 9.42. The van der Waals surface area contributed by atoms with E-state index in [9.17, 15) is 20.1 Å². The highest BCUT2D eigenvalue weighted by Crippen LogP contribution is 2.66. The normalized spacial score (nSPS) is 43.8. The molecule has 0 bridgehead atoms. The molecule has 126 valence electrons. The molecule has 0 spiro atoms. The minimum Gasteiger partial charge on any atom is -0.298 e. The van der Waals surface area contributed by atoms with Crippen molar-refractivity contribution in [2.75, 3.05) is 0 Å². The summed E-state index contributed by atoms with van der Waals surface area (Å²) < 4.78 is 0. The molecule has 0 aromatic rings. The molecule has 2 saturated carbocycles. The molecule has 3 aliphatic rings. The Labute approximate surface area is 143 Å². The van der Waals surface area contributed by atoms with Crippen molar-refractivity contribution < 1.29 is 9.59 Å². The predicted octanol–water partition coefficient (Wildman–Crippen LogP) is 3.59. The van der Waals surface area contributed by atoms with E-state index in [2.05, 4.69) is 26.0 Å². The molecule has 0 amide bonds. The molecule has 0 saturated heterocycles. The topological polar surface area (TPSA) is 81.7 Å². The van der Waals surface area contributed by atoms with Gasteiger partial charge in [-0.1, -0.05) is 33.3 Å². The molecule has 24 heavy (non-hydrogen) atoms. The van der Waals surface area contributed by atoms with Gasteiger partial charge in [0.1, 0.15) is 11.8 Å². The van der Waals surface area contributed by atoms with Crippen molar-refractivity contribution in [1.29, 1.82) is 10.5 Å². The van der Waals surface area contributed by atoms with Gasteiger partial charge in [0.15, 0.2) is 11.6 Å². The number of nitrogens with zero attached hydrogens (tertiary/aromatic N) is 2. The van der Waals surface area contributed by atoms with E-state index < -0.39 is 17.3 Å². The van der Waals surface area contributed by atoms with Gasteiger partial charge in [-0.25, -0.2) is 0 Å². The number of carbonyl (C=O) groups is 2. The van der Waals surface area contributed by atoms with Crippen LogP contribution in [0.25, 0.3) is 0 Å². The number of allylic oxidation sites excluding steroid dienone is 2. The zero-order chi connectivity index (χ0) is 17.9. The van der Waals surface area contributed by atoms with Gasteiger partial charge in [-0.05, 0) is 48.5 Å². The Balaban J connectivity index is 2.15. The van der Waals surface area contributed by atoms with Crippen molar-refractivity contribution in [3.63, 3.8) is 0 Å². The Bertz CT molecular complexity index is 736. The first-order valence-corrected chi connectivity index (χ1v) is 8.70. The van der Waals surface area contributed by atoms with Crippen molar-refractivity contribution in [2.24, 2.45) is 34.0 Å². The molecular weight excluding hydrogens is 300 g/mol. The van der Waals surface area contributed by atoms with Crippen LogP contribution in [-0.2, 0) is 9.59 Å². The van der Waals surface area contributed by atoms with Crippen LogP contribution in [0.5, 0.6) is 0 Å². The van der Waals surface area contributed by atoms with Crippen LogP contribution >= 0.6 is 0 Å². The van der Waals surface area contributed by atoms with Crippen LogP contribution < -0.4 is 0 Å². The summed E-state index contributed by atoms with van der Waals surface area (Å²) in [5.41, 5.74) is -0.00898. The van der Waals surface area contributed by atoms with Crippen molar-refractivity contribution in [3.8, 4) is 12.1 Å². The van der Waals surface area contributed by atoms with Crippen LogP contribution in [0, 0.1) is 56.7 Å². The first kappa shape index (κ1) is 16.9. The largest absolute Gasteiger partial charge is 0.298 e. The molecule has 4 nitrogen and oxygen atoms in total. The number of hydrogen-bond acceptors (Lipinski definition) is 4. The lowest BCUT2D eigenvalue weighted by molar-refractivity contribution is -0.146. The van der Waals surface area contributed by atoms with Crippen LogP contribution in [0.2, 0.25) is 0 Å². The van der Waals surface area contributed by atoms with E-state index in [1.165, 1.54) is 0 Å². The Morgan fingerprint density at radius 3 is 2.25 bits per heavy atom. The summed E-state index contributed by atoms with van der Waals surface area (Å²) in [6.07, 6.45) is 4.51. The Kier molecular flexibility index (Phi) is 3.54. The molecule has 0 heterocycles. The Morgan fingerprint density at radius 2 is 1.67 bits per heavy atom. The van der Waals surface area contributed by atoms with Gasteiger partial charge in [0.25, 0.3) is 0 Å². The highest BCUT2D eigenvalue weighted by Gasteiger charge is 2.61. The van der Waals surface area contributed by atoms with Crippen molar-refractivity contribution >= 4 is 11.6 Å². The number of rotatable bonds is 0. The average Bonchev–Trinajstić information content (AvgIpc) is 2.52. The van der Waals surface area contributed by atoms with Crippen molar-refractivity contribution in [1.82, 2.24) is 0 Å². The molecule has 3 rings (SSSR count). The molecule has 3 aliphatic carbocycles. The number of nitriles is 2. The standard InChI is InChI=1S/C20H24N2O2/c1-18(2)15-5-6-19(3)8-12(10-21)14(23)7-16(19)20(15,4)9-13(11-22)17(18)24/h7,12-13,15H,5-6,8-9H2,1-4H3/t12?,13?,15-,19-,20-/m1/s1. The number of ketones is 2. The molecule has 5 atom stereocenters. The maximum atomic E-state index is 12.7. The third-order valence-corrected chi connectivity index (χ3v) is 7.07. The molecule has 2 unspecified atom stereocenters. The second-order valence-electron chi connectivity index (χ2n) is 8.89.